The van der Waals surface area contributed by atoms with Gasteiger partial charge in [0.2, 0.25) is 0 Å². The SMILES string of the molecule is Cc1ccc(-c2nc(NC(=O)c3ccc(C(F)(F)F)cc3)sc2-c2ccc(C)cc2)cc1. The van der Waals surface area contributed by atoms with E-state index in [4.69, 9.17) is 0 Å². The highest BCUT2D eigenvalue weighted by Crippen LogP contribution is 2.39. The molecule has 0 unspecified atom stereocenters. The molecule has 32 heavy (non-hydrogen) atoms. The zero-order valence-corrected chi connectivity index (χ0v) is 18.1. The van der Waals surface area contributed by atoms with Crippen LogP contribution in [0.2, 0.25) is 0 Å². The van der Waals surface area contributed by atoms with Crippen molar-refractivity contribution in [1.29, 1.82) is 0 Å². The summed E-state index contributed by atoms with van der Waals surface area (Å²) >= 11 is 1.32. The first kappa shape index (κ1) is 21.8. The van der Waals surface area contributed by atoms with Gasteiger partial charge in [0.25, 0.3) is 5.91 Å². The first-order chi connectivity index (χ1) is 15.2. The van der Waals surface area contributed by atoms with Crippen LogP contribution in [-0.4, -0.2) is 10.9 Å². The standard InChI is InChI=1S/C25H19F3N2OS/c1-15-3-7-17(8-4-15)21-22(18-9-5-16(2)6-10-18)32-24(29-21)30-23(31)19-11-13-20(14-12-19)25(26,27)28/h3-14H,1-2H3,(H,29,30,31). The Morgan fingerprint density at radius 1 is 0.812 bits per heavy atom. The molecule has 4 aromatic rings. The van der Waals surface area contributed by atoms with E-state index in [1.165, 1.54) is 11.3 Å². The van der Waals surface area contributed by atoms with E-state index in [2.05, 4.69) is 10.3 Å². The van der Waals surface area contributed by atoms with Crippen LogP contribution in [0.5, 0.6) is 0 Å². The summed E-state index contributed by atoms with van der Waals surface area (Å²) in [5.74, 6) is -0.515. The van der Waals surface area contributed by atoms with Crippen LogP contribution in [0, 0.1) is 13.8 Å². The van der Waals surface area contributed by atoms with Gasteiger partial charge < -0.3 is 0 Å². The van der Waals surface area contributed by atoms with Crippen molar-refractivity contribution in [3.8, 4) is 21.7 Å². The maximum atomic E-state index is 12.8. The van der Waals surface area contributed by atoms with Gasteiger partial charge in [-0.25, -0.2) is 4.98 Å². The minimum atomic E-state index is -4.45. The molecule has 162 valence electrons. The van der Waals surface area contributed by atoms with Gasteiger partial charge in [-0.2, -0.15) is 13.2 Å². The molecule has 0 saturated heterocycles. The Kier molecular flexibility index (Phi) is 5.84. The molecule has 1 N–H and O–H groups in total. The van der Waals surface area contributed by atoms with Gasteiger partial charge in [-0.05, 0) is 43.7 Å². The summed E-state index contributed by atoms with van der Waals surface area (Å²) in [4.78, 5) is 18.2. The highest BCUT2D eigenvalue weighted by atomic mass is 32.1. The number of nitrogens with zero attached hydrogens (tertiary/aromatic N) is 1. The predicted octanol–water partition coefficient (Wildman–Crippen LogP) is 7.37. The fraction of sp³-hybridized carbons (Fsp3) is 0.120. The van der Waals surface area contributed by atoms with E-state index in [1.807, 2.05) is 62.4 Å². The number of benzene rings is 3. The second-order valence-corrected chi connectivity index (χ2v) is 8.46. The highest BCUT2D eigenvalue weighted by molar-refractivity contribution is 7.19. The molecule has 0 aliphatic rings. The van der Waals surface area contributed by atoms with Crippen LogP contribution >= 0.6 is 11.3 Å². The first-order valence-corrected chi connectivity index (χ1v) is 10.7. The molecule has 0 spiro atoms. The molecular weight excluding hydrogens is 433 g/mol. The Morgan fingerprint density at radius 3 is 1.88 bits per heavy atom. The van der Waals surface area contributed by atoms with E-state index >= 15 is 0 Å². The second-order valence-electron chi connectivity index (χ2n) is 7.46. The molecule has 7 heteroatoms. The molecule has 0 aliphatic carbocycles. The lowest BCUT2D eigenvalue weighted by Gasteiger charge is -2.07. The number of nitrogens with one attached hydrogen (secondary N) is 1. The Labute approximate surface area is 187 Å². The summed E-state index contributed by atoms with van der Waals surface area (Å²) in [6, 6.07) is 20.1. The molecule has 0 aliphatic heterocycles. The van der Waals surface area contributed by atoms with Gasteiger partial charge in [0.1, 0.15) is 0 Å². The third-order valence-corrected chi connectivity index (χ3v) is 5.98. The summed E-state index contributed by atoms with van der Waals surface area (Å²) in [6.45, 7) is 4.01. The normalized spacial score (nSPS) is 11.4. The number of hydrogen-bond donors (Lipinski definition) is 1. The van der Waals surface area contributed by atoms with E-state index in [0.717, 1.165) is 57.1 Å². The van der Waals surface area contributed by atoms with Gasteiger partial charge in [-0.1, -0.05) is 71.0 Å². The van der Waals surface area contributed by atoms with Crippen LogP contribution in [0.1, 0.15) is 27.0 Å². The zero-order valence-electron chi connectivity index (χ0n) is 17.3. The van der Waals surface area contributed by atoms with Crippen molar-refractivity contribution in [2.45, 2.75) is 20.0 Å². The second kappa shape index (κ2) is 8.59. The highest BCUT2D eigenvalue weighted by Gasteiger charge is 2.30. The van der Waals surface area contributed by atoms with Gasteiger partial charge in [0, 0.05) is 11.1 Å². The molecule has 3 nitrogen and oxygen atoms in total. The molecule has 0 radical (unpaired) electrons. The van der Waals surface area contributed by atoms with Crippen molar-refractivity contribution in [2.75, 3.05) is 5.32 Å². The number of aryl methyl sites for hydroxylation is 2. The maximum Gasteiger partial charge on any atom is 0.416 e. The minimum absolute atomic E-state index is 0.127. The smallest absolute Gasteiger partial charge is 0.298 e. The van der Waals surface area contributed by atoms with Crippen LogP contribution in [0.4, 0.5) is 18.3 Å². The fourth-order valence-corrected chi connectivity index (χ4v) is 4.15. The molecule has 3 aromatic carbocycles. The Balaban J connectivity index is 1.67. The van der Waals surface area contributed by atoms with E-state index < -0.39 is 17.6 Å². The molecule has 1 amide bonds. The van der Waals surface area contributed by atoms with Crippen molar-refractivity contribution in [3.05, 3.63) is 95.1 Å². The molecule has 1 heterocycles. The van der Waals surface area contributed by atoms with Gasteiger partial charge in [-0.15, -0.1) is 0 Å². The van der Waals surface area contributed by atoms with E-state index in [9.17, 15) is 18.0 Å². The Morgan fingerprint density at radius 2 is 1.34 bits per heavy atom. The summed E-state index contributed by atoms with van der Waals surface area (Å²) in [5.41, 5.74) is 4.20. The number of rotatable bonds is 4. The number of aromatic nitrogens is 1. The summed E-state index contributed by atoms with van der Waals surface area (Å²) in [6.07, 6.45) is -4.45. The number of alkyl halides is 3. The van der Waals surface area contributed by atoms with Crippen LogP contribution < -0.4 is 5.32 Å². The number of anilines is 1. The van der Waals surface area contributed by atoms with Crippen molar-refractivity contribution >= 4 is 22.4 Å². The van der Waals surface area contributed by atoms with Crippen LogP contribution in [-0.2, 0) is 6.18 Å². The Hall–Kier alpha value is -3.45. The maximum absolute atomic E-state index is 12.8. The van der Waals surface area contributed by atoms with E-state index in [-0.39, 0.29) is 5.56 Å². The summed E-state index contributed by atoms with van der Waals surface area (Å²) < 4.78 is 38.3. The topological polar surface area (TPSA) is 42.0 Å². The van der Waals surface area contributed by atoms with Gasteiger partial charge in [0.05, 0.1) is 16.1 Å². The molecule has 4 rings (SSSR count). The van der Waals surface area contributed by atoms with Gasteiger partial charge in [-0.3, -0.25) is 10.1 Å². The first-order valence-electron chi connectivity index (χ1n) is 9.84. The van der Waals surface area contributed by atoms with Gasteiger partial charge in [0.15, 0.2) is 5.13 Å². The quantitative estimate of drug-likeness (QED) is 0.351. The predicted molar refractivity (Wildman–Crippen MR) is 122 cm³/mol. The summed E-state index contributed by atoms with van der Waals surface area (Å²) in [5, 5.41) is 3.10. The third kappa shape index (κ3) is 4.73. The van der Waals surface area contributed by atoms with Crippen LogP contribution in [0.15, 0.2) is 72.8 Å². The number of hydrogen-bond acceptors (Lipinski definition) is 3. The third-order valence-electron chi connectivity index (χ3n) is 4.96. The number of carbonyl (C=O) groups excluding carboxylic acids is 1. The molecule has 0 atom stereocenters. The number of amides is 1. The van der Waals surface area contributed by atoms with Crippen molar-refractivity contribution in [2.24, 2.45) is 0 Å². The lowest BCUT2D eigenvalue weighted by atomic mass is 10.0. The molecule has 0 fully saturated rings. The van der Waals surface area contributed by atoms with Crippen molar-refractivity contribution < 1.29 is 18.0 Å². The Bertz CT molecular complexity index is 1180. The van der Waals surface area contributed by atoms with Crippen molar-refractivity contribution in [1.82, 2.24) is 4.98 Å². The number of carbonyl (C=O) groups is 1. The van der Waals surface area contributed by atoms with E-state index in [1.54, 1.807) is 0 Å². The van der Waals surface area contributed by atoms with Crippen LogP contribution in [0.3, 0.4) is 0 Å². The fourth-order valence-electron chi connectivity index (χ4n) is 3.16. The lowest BCUT2D eigenvalue weighted by Crippen LogP contribution is -2.12. The molecular formula is C25H19F3N2OS. The number of halogens is 3. The number of thiazole rings is 1. The minimum Gasteiger partial charge on any atom is -0.298 e. The van der Waals surface area contributed by atoms with Gasteiger partial charge >= 0.3 is 6.18 Å². The monoisotopic (exact) mass is 452 g/mol. The average Bonchev–Trinajstić information content (AvgIpc) is 3.18. The average molecular weight is 453 g/mol. The molecule has 0 saturated carbocycles. The van der Waals surface area contributed by atoms with Crippen LogP contribution in [0.25, 0.3) is 21.7 Å². The van der Waals surface area contributed by atoms with Crippen molar-refractivity contribution in [3.63, 3.8) is 0 Å². The lowest BCUT2D eigenvalue weighted by molar-refractivity contribution is -0.137. The largest absolute Gasteiger partial charge is 0.416 e. The molecule has 0 bridgehead atoms. The van der Waals surface area contributed by atoms with E-state index in [0.29, 0.717) is 5.13 Å². The zero-order chi connectivity index (χ0) is 22.9. The molecule has 1 aromatic heterocycles. The summed E-state index contributed by atoms with van der Waals surface area (Å²) in [7, 11) is 0.